The van der Waals surface area contributed by atoms with Crippen LogP contribution in [-0.4, -0.2) is 21.1 Å². The van der Waals surface area contributed by atoms with Gasteiger partial charge >= 0.3 is 0 Å². The minimum absolute atomic E-state index is 0.121. The van der Waals surface area contributed by atoms with E-state index in [0.29, 0.717) is 10.8 Å². The van der Waals surface area contributed by atoms with E-state index < -0.39 is 0 Å². The van der Waals surface area contributed by atoms with E-state index in [0.717, 1.165) is 16.6 Å². The number of carbonyl (C=O) groups is 1. The van der Waals surface area contributed by atoms with Crippen LogP contribution in [0, 0.1) is 0 Å². The molecule has 0 aliphatic rings. The number of nitrogens with zero attached hydrogens (tertiary/aromatic N) is 2. The zero-order chi connectivity index (χ0) is 13.2. The lowest BCUT2D eigenvalue weighted by Crippen LogP contribution is -2.14. The van der Waals surface area contributed by atoms with Gasteiger partial charge in [-0.05, 0) is 18.2 Å². The van der Waals surface area contributed by atoms with E-state index in [1.54, 1.807) is 11.6 Å². The van der Waals surface area contributed by atoms with Crippen LogP contribution in [0.25, 0.3) is 10.9 Å². The molecule has 1 aromatic carbocycles. The number of hydrogen-bond acceptors (Lipinski definition) is 5. The van der Waals surface area contributed by atoms with Gasteiger partial charge in [0, 0.05) is 16.5 Å². The molecule has 3 rings (SSSR count). The van der Waals surface area contributed by atoms with Crippen LogP contribution in [0.5, 0.6) is 0 Å². The van der Waals surface area contributed by atoms with Gasteiger partial charge in [-0.25, -0.2) is 4.98 Å². The molecular weight excluding hydrogens is 262 g/mol. The van der Waals surface area contributed by atoms with Gasteiger partial charge in [-0.3, -0.25) is 9.89 Å². The number of rotatable bonds is 3. The maximum absolute atomic E-state index is 11.9. The van der Waals surface area contributed by atoms with E-state index in [1.165, 1.54) is 11.3 Å². The van der Waals surface area contributed by atoms with E-state index in [2.05, 4.69) is 20.5 Å². The number of aromatic amines is 1. The molecule has 0 saturated heterocycles. The lowest BCUT2D eigenvalue weighted by Gasteiger charge is -2.03. The van der Waals surface area contributed by atoms with Crippen molar-refractivity contribution in [2.24, 2.45) is 0 Å². The van der Waals surface area contributed by atoms with Crippen LogP contribution in [0.2, 0.25) is 0 Å². The monoisotopic (exact) mass is 273 g/mol. The van der Waals surface area contributed by atoms with Crippen LogP contribution in [0.15, 0.2) is 29.8 Å². The summed E-state index contributed by atoms with van der Waals surface area (Å²) in [6.45, 7) is 0. The molecule has 0 unspecified atom stereocenters. The number of aromatic nitrogens is 3. The summed E-state index contributed by atoms with van der Waals surface area (Å²) in [6, 6.07) is 5.58. The Morgan fingerprint density at radius 1 is 1.47 bits per heavy atom. The molecule has 2 aromatic heterocycles. The Kier molecular flexibility index (Phi) is 2.88. The van der Waals surface area contributed by atoms with E-state index >= 15 is 0 Å². The van der Waals surface area contributed by atoms with Crippen LogP contribution in [-0.2, 0) is 11.2 Å². The van der Waals surface area contributed by atoms with Crippen LogP contribution >= 0.6 is 11.3 Å². The number of benzene rings is 1. The third kappa shape index (κ3) is 2.55. The van der Waals surface area contributed by atoms with Gasteiger partial charge in [0.1, 0.15) is 0 Å². The molecule has 3 aromatic rings. The molecule has 0 fully saturated rings. The van der Waals surface area contributed by atoms with Gasteiger partial charge in [-0.15, -0.1) is 11.3 Å². The third-order valence-corrected chi connectivity index (χ3v) is 3.36. The summed E-state index contributed by atoms with van der Waals surface area (Å²) < 4.78 is 0. The molecule has 19 heavy (non-hydrogen) atoms. The standard InChI is InChI=1S/C12H11N5OS/c13-12-16-9(6-19-12)4-11(18)15-8-2-1-7-5-14-17-10(7)3-8/h1-3,5-6H,4H2,(H2,13,16)(H,14,17)(H,15,18). The van der Waals surface area contributed by atoms with E-state index in [9.17, 15) is 4.79 Å². The summed E-state index contributed by atoms with van der Waals surface area (Å²) in [5.74, 6) is -0.121. The number of hydrogen-bond donors (Lipinski definition) is 3. The fourth-order valence-corrected chi connectivity index (χ4v) is 2.35. The lowest BCUT2D eigenvalue weighted by atomic mass is 10.2. The molecule has 0 aliphatic heterocycles. The SMILES string of the molecule is Nc1nc(CC(=O)Nc2ccc3cn[nH]c3c2)cs1. The first kappa shape index (κ1) is 11.7. The highest BCUT2D eigenvalue weighted by Gasteiger charge is 2.07. The van der Waals surface area contributed by atoms with Crippen molar-refractivity contribution in [2.45, 2.75) is 6.42 Å². The fraction of sp³-hybridized carbons (Fsp3) is 0.0833. The highest BCUT2D eigenvalue weighted by molar-refractivity contribution is 7.13. The summed E-state index contributed by atoms with van der Waals surface area (Å²) in [6.07, 6.45) is 1.95. The molecule has 0 atom stereocenters. The second-order valence-corrected chi connectivity index (χ2v) is 4.96. The number of nitrogens with one attached hydrogen (secondary N) is 2. The third-order valence-electron chi connectivity index (χ3n) is 2.64. The van der Waals surface area contributed by atoms with Gasteiger partial charge < -0.3 is 11.1 Å². The van der Waals surface area contributed by atoms with Gasteiger partial charge in [0.2, 0.25) is 5.91 Å². The number of amides is 1. The van der Waals surface area contributed by atoms with Gasteiger partial charge in [0.25, 0.3) is 0 Å². The summed E-state index contributed by atoms with van der Waals surface area (Å²) in [5.41, 5.74) is 7.82. The van der Waals surface area contributed by atoms with E-state index in [1.807, 2.05) is 18.2 Å². The van der Waals surface area contributed by atoms with Gasteiger partial charge in [0.05, 0.1) is 23.8 Å². The molecule has 6 nitrogen and oxygen atoms in total. The molecule has 1 amide bonds. The second kappa shape index (κ2) is 4.69. The Morgan fingerprint density at radius 2 is 2.37 bits per heavy atom. The van der Waals surface area contributed by atoms with Crippen LogP contribution in [0.4, 0.5) is 10.8 Å². The van der Waals surface area contributed by atoms with Crippen molar-refractivity contribution in [3.63, 3.8) is 0 Å². The molecule has 4 N–H and O–H groups in total. The summed E-state index contributed by atoms with van der Waals surface area (Å²) in [4.78, 5) is 15.9. The van der Waals surface area contributed by atoms with Crippen molar-refractivity contribution in [2.75, 3.05) is 11.1 Å². The maximum atomic E-state index is 11.9. The van der Waals surface area contributed by atoms with Crippen molar-refractivity contribution in [1.29, 1.82) is 0 Å². The minimum Gasteiger partial charge on any atom is -0.375 e. The molecule has 0 spiro atoms. The average Bonchev–Trinajstić information content (AvgIpc) is 2.97. The van der Waals surface area contributed by atoms with Crippen molar-refractivity contribution >= 4 is 39.0 Å². The first-order valence-corrected chi connectivity index (χ1v) is 6.51. The second-order valence-electron chi connectivity index (χ2n) is 4.07. The first-order chi connectivity index (χ1) is 9.20. The Morgan fingerprint density at radius 3 is 3.16 bits per heavy atom. The summed E-state index contributed by atoms with van der Waals surface area (Å²) >= 11 is 1.33. The topological polar surface area (TPSA) is 96.7 Å². The largest absolute Gasteiger partial charge is 0.375 e. The average molecular weight is 273 g/mol. The smallest absolute Gasteiger partial charge is 0.230 e. The Balaban J connectivity index is 1.71. The summed E-state index contributed by atoms with van der Waals surface area (Å²) in [5, 5.41) is 12.9. The van der Waals surface area contributed by atoms with E-state index in [-0.39, 0.29) is 12.3 Å². The van der Waals surface area contributed by atoms with Crippen LogP contribution in [0.3, 0.4) is 0 Å². The van der Waals surface area contributed by atoms with Crippen molar-refractivity contribution in [3.8, 4) is 0 Å². The number of thiazole rings is 1. The normalized spacial score (nSPS) is 10.7. The highest BCUT2D eigenvalue weighted by atomic mass is 32.1. The molecule has 0 aliphatic carbocycles. The predicted molar refractivity (Wildman–Crippen MR) is 75.0 cm³/mol. The molecule has 2 heterocycles. The molecule has 7 heteroatoms. The maximum Gasteiger partial charge on any atom is 0.230 e. The van der Waals surface area contributed by atoms with Gasteiger partial charge in [-0.1, -0.05) is 0 Å². The number of H-pyrrole nitrogens is 1. The van der Waals surface area contributed by atoms with Gasteiger partial charge in [-0.2, -0.15) is 5.10 Å². The quantitative estimate of drug-likeness (QED) is 0.677. The molecular formula is C12H11N5OS. The summed E-state index contributed by atoms with van der Waals surface area (Å²) in [7, 11) is 0. The van der Waals surface area contributed by atoms with Crippen LogP contribution in [0.1, 0.15) is 5.69 Å². The number of carbonyl (C=O) groups excluding carboxylic acids is 1. The predicted octanol–water partition coefficient (Wildman–Crippen LogP) is 1.78. The van der Waals surface area contributed by atoms with Gasteiger partial charge in [0.15, 0.2) is 5.13 Å². The molecule has 0 bridgehead atoms. The zero-order valence-electron chi connectivity index (χ0n) is 9.88. The Hall–Kier alpha value is -2.41. The molecule has 96 valence electrons. The highest BCUT2D eigenvalue weighted by Crippen LogP contribution is 2.17. The minimum atomic E-state index is -0.121. The Labute approximate surface area is 112 Å². The molecule has 0 saturated carbocycles. The molecule has 0 radical (unpaired) electrons. The first-order valence-electron chi connectivity index (χ1n) is 5.63. The fourth-order valence-electron chi connectivity index (χ4n) is 1.79. The zero-order valence-corrected chi connectivity index (χ0v) is 10.7. The van der Waals surface area contributed by atoms with Crippen LogP contribution < -0.4 is 11.1 Å². The number of nitrogens with two attached hydrogens (primary N) is 1. The van der Waals surface area contributed by atoms with Crippen molar-refractivity contribution in [1.82, 2.24) is 15.2 Å². The number of fused-ring (bicyclic) bond motifs is 1. The van der Waals surface area contributed by atoms with Crippen molar-refractivity contribution < 1.29 is 4.79 Å². The van der Waals surface area contributed by atoms with Crippen molar-refractivity contribution in [3.05, 3.63) is 35.5 Å². The van der Waals surface area contributed by atoms with E-state index in [4.69, 9.17) is 5.73 Å². The lowest BCUT2D eigenvalue weighted by molar-refractivity contribution is -0.115. The number of anilines is 2. The Bertz CT molecular complexity index is 732. The number of nitrogen functional groups attached to an aromatic ring is 1.